The van der Waals surface area contributed by atoms with Gasteiger partial charge >= 0.3 is 6.09 Å². The number of nitrogens with zero attached hydrogens (tertiary/aromatic N) is 2. The molecule has 2 unspecified atom stereocenters. The molecule has 134 valence electrons. The van der Waals surface area contributed by atoms with Crippen molar-refractivity contribution in [1.29, 1.82) is 0 Å². The molecule has 1 aromatic heterocycles. The van der Waals surface area contributed by atoms with E-state index in [0.29, 0.717) is 17.9 Å². The lowest BCUT2D eigenvalue weighted by molar-refractivity contribution is 0.0474. The summed E-state index contributed by atoms with van der Waals surface area (Å²) in [6, 6.07) is 0.842. The van der Waals surface area contributed by atoms with Crippen LogP contribution in [0.5, 0.6) is 0 Å². The van der Waals surface area contributed by atoms with E-state index in [-0.39, 0.29) is 12.1 Å². The Labute approximate surface area is 144 Å². The van der Waals surface area contributed by atoms with Gasteiger partial charge in [-0.2, -0.15) is 0 Å². The quantitative estimate of drug-likeness (QED) is 0.868. The number of amides is 1. The van der Waals surface area contributed by atoms with E-state index in [4.69, 9.17) is 4.74 Å². The predicted octanol–water partition coefficient (Wildman–Crippen LogP) is 2.55. The first-order chi connectivity index (χ1) is 11.4. The first-order valence-electron chi connectivity index (χ1n) is 9.09. The van der Waals surface area contributed by atoms with Crippen LogP contribution in [0.1, 0.15) is 46.5 Å². The summed E-state index contributed by atoms with van der Waals surface area (Å²) in [7, 11) is 0. The number of rotatable bonds is 5. The molecule has 3 rings (SSSR count). The lowest BCUT2D eigenvalue weighted by Gasteiger charge is -2.36. The third-order valence-electron chi connectivity index (χ3n) is 5.13. The van der Waals surface area contributed by atoms with Crippen LogP contribution < -0.4 is 10.6 Å². The van der Waals surface area contributed by atoms with Crippen LogP contribution in [0.2, 0.25) is 0 Å². The third kappa shape index (κ3) is 4.50. The van der Waals surface area contributed by atoms with Crippen LogP contribution in [0.25, 0.3) is 0 Å². The highest BCUT2D eigenvalue weighted by Gasteiger charge is 2.42. The Morgan fingerprint density at radius 1 is 1.29 bits per heavy atom. The van der Waals surface area contributed by atoms with Crippen LogP contribution in [0, 0.1) is 11.8 Å². The van der Waals surface area contributed by atoms with Crippen molar-refractivity contribution < 1.29 is 9.53 Å². The molecule has 2 aliphatic rings. The molecule has 0 spiro atoms. The monoisotopic (exact) mass is 334 g/mol. The molecule has 6 nitrogen and oxygen atoms in total. The average Bonchev–Trinajstić information content (AvgIpc) is 3.05. The van der Waals surface area contributed by atoms with Gasteiger partial charge in [0.05, 0.1) is 6.33 Å². The van der Waals surface area contributed by atoms with Gasteiger partial charge in [0.25, 0.3) is 0 Å². The Morgan fingerprint density at radius 2 is 2.00 bits per heavy atom. The van der Waals surface area contributed by atoms with Crippen molar-refractivity contribution in [3.63, 3.8) is 0 Å². The molecule has 6 heteroatoms. The second kappa shape index (κ2) is 7.13. The number of imidazole rings is 1. The fraction of sp³-hybridized carbons (Fsp3) is 0.778. The number of hydrogen-bond donors (Lipinski definition) is 2. The summed E-state index contributed by atoms with van der Waals surface area (Å²) in [6.07, 6.45) is 10.0. The van der Waals surface area contributed by atoms with Crippen molar-refractivity contribution in [3.8, 4) is 0 Å². The molecule has 24 heavy (non-hydrogen) atoms. The molecule has 2 N–H and O–H groups in total. The molecule has 0 aromatic carbocycles. The van der Waals surface area contributed by atoms with Gasteiger partial charge in [-0.05, 0) is 58.3 Å². The van der Waals surface area contributed by atoms with Gasteiger partial charge in [0, 0.05) is 37.6 Å². The molecule has 2 atom stereocenters. The summed E-state index contributed by atoms with van der Waals surface area (Å²) in [5.41, 5.74) is -0.435. The van der Waals surface area contributed by atoms with Gasteiger partial charge < -0.3 is 19.9 Å². The third-order valence-corrected chi connectivity index (χ3v) is 5.13. The van der Waals surface area contributed by atoms with Gasteiger partial charge in [-0.3, -0.25) is 0 Å². The zero-order valence-electron chi connectivity index (χ0n) is 15.0. The Morgan fingerprint density at radius 3 is 2.58 bits per heavy atom. The largest absolute Gasteiger partial charge is 0.444 e. The Bertz CT molecular complexity index is 524. The molecule has 1 heterocycles. The predicted molar refractivity (Wildman–Crippen MR) is 92.6 cm³/mol. The maximum Gasteiger partial charge on any atom is 0.407 e. The Balaban J connectivity index is 1.45. The molecular weight excluding hydrogens is 304 g/mol. The standard InChI is InChI=1S/C18H30N4O2/c1-18(2,3)24-17(23)21-15-10-13-4-5-14(11-15)16(13)20-7-9-22-8-6-19-12-22/h6,8,12-16,20H,4-5,7,9-11H2,1-3H3,(H,21,23). The maximum absolute atomic E-state index is 12.0. The lowest BCUT2D eigenvalue weighted by atomic mass is 9.81. The molecule has 0 radical (unpaired) electrons. The molecular formula is C18H30N4O2. The van der Waals surface area contributed by atoms with Crippen LogP contribution in [-0.2, 0) is 11.3 Å². The number of hydrogen-bond acceptors (Lipinski definition) is 4. The second-order valence-corrected chi connectivity index (χ2v) is 8.19. The summed E-state index contributed by atoms with van der Waals surface area (Å²) in [5.74, 6) is 1.32. The van der Waals surface area contributed by atoms with E-state index < -0.39 is 5.60 Å². The van der Waals surface area contributed by atoms with Gasteiger partial charge in [0.15, 0.2) is 0 Å². The van der Waals surface area contributed by atoms with Crippen molar-refractivity contribution in [1.82, 2.24) is 20.2 Å². The van der Waals surface area contributed by atoms with E-state index in [2.05, 4.69) is 20.2 Å². The summed E-state index contributed by atoms with van der Waals surface area (Å²) in [4.78, 5) is 16.1. The minimum Gasteiger partial charge on any atom is -0.444 e. The molecule has 0 aliphatic heterocycles. The van der Waals surface area contributed by atoms with Crippen LogP contribution in [0.3, 0.4) is 0 Å². The summed E-state index contributed by atoms with van der Waals surface area (Å²) >= 11 is 0. The highest BCUT2D eigenvalue weighted by molar-refractivity contribution is 5.68. The normalized spacial score (nSPS) is 29.5. The molecule has 0 saturated heterocycles. The molecule has 2 bridgehead atoms. The van der Waals surface area contributed by atoms with Gasteiger partial charge in [-0.25, -0.2) is 9.78 Å². The van der Waals surface area contributed by atoms with E-state index in [0.717, 1.165) is 25.9 Å². The smallest absolute Gasteiger partial charge is 0.407 e. The van der Waals surface area contributed by atoms with Crippen molar-refractivity contribution in [2.45, 2.75) is 70.7 Å². The van der Waals surface area contributed by atoms with Crippen LogP contribution in [-0.4, -0.2) is 39.9 Å². The highest BCUT2D eigenvalue weighted by atomic mass is 16.6. The van der Waals surface area contributed by atoms with Gasteiger partial charge in [0.1, 0.15) is 5.60 Å². The summed E-state index contributed by atoms with van der Waals surface area (Å²) in [5, 5.41) is 6.82. The van der Waals surface area contributed by atoms with E-state index in [1.807, 2.05) is 39.5 Å². The fourth-order valence-electron chi connectivity index (χ4n) is 4.23. The Kier molecular flexibility index (Phi) is 5.13. The average molecular weight is 334 g/mol. The Hall–Kier alpha value is -1.56. The zero-order valence-corrected chi connectivity index (χ0v) is 15.0. The lowest BCUT2D eigenvalue weighted by Crippen LogP contribution is -2.49. The van der Waals surface area contributed by atoms with Crippen LogP contribution in [0.15, 0.2) is 18.7 Å². The zero-order chi connectivity index (χ0) is 17.2. The van der Waals surface area contributed by atoms with Gasteiger partial charge in [-0.1, -0.05) is 0 Å². The minimum absolute atomic E-state index is 0.254. The molecule has 2 saturated carbocycles. The van der Waals surface area contributed by atoms with Crippen LogP contribution >= 0.6 is 0 Å². The maximum atomic E-state index is 12.0. The van der Waals surface area contributed by atoms with E-state index >= 15 is 0 Å². The number of aromatic nitrogens is 2. The fourth-order valence-corrected chi connectivity index (χ4v) is 4.23. The van der Waals surface area contributed by atoms with Crippen LogP contribution in [0.4, 0.5) is 4.79 Å². The van der Waals surface area contributed by atoms with Crippen molar-refractivity contribution in [3.05, 3.63) is 18.7 Å². The first-order valence-corrected chi connectivity index (χ1v) is 9.09. The number of alkyl carbamates (subject to hydrolysis) is 1. The summed E-state index contributed by atoms with van der Waals surface area (Å²) in [6.45, 7) is 7.62. The molecule has 2 fully saturated rings. The van der Waals surface area contributed by atoms with E-state index in [9.17, 15) is 4.79 Å². The molecule has 1 amide bonds. The minimum atomic E-state index is -0.435. The molecule has 2 aliphatic carbocycles. The van der Waals surface area contributed by atoms with E-state index in [1.165, 1.54) is 12.8 Å². The first kappa shape index (κ1) is 17.3. The number of nitrogens with one attached hydrogen (secondary N) is 2. The van der Waals surface area contributed by atoms with Crippen molar-refractivity contribution in [2.75, 3.05) is 6.54 Å². The van der Waals surface area contributed by atoms with E-state index in [1.54, 1.807) is 0 Å². The number of ether oxygens (including phenoxy) is 1. The number of fused-ring (bicyclic) bond motifs is 2. The van der Waals surface area contributed by atoms with Crippen molar-refractivity contribution in [2.24, 2.45) is 11.8 Å². The second-order valence-electron chi connectivity index (χ2n) is 8.19. The number of carbonyl (C=O) groups is 1. The van der Waals surface area contributed by atoms with Gasteiger partial charge in [0.2, 0.25) is 0 Å². The summed E-state index contributed by atoms with van der Waals surface area (Å²) < 4.78 is 7.49. The highest BCUT2D eigenvalue weighted by Crippen LogP contribution is 2.42. The molecule has 1 aromatic rings. The topological polar surface area (TPSA) is 68.2 Å². The number of carbonyl (C=O) groups excluding carboxylic acids is 1. The van der Waals surface area contributed by atoms with Gasteiger partial charge in [-0.15, -0.1) is 0 Å². The van der Waals surface area contributed by atoms with Crippen molar-refractivity contribution >= 4 is 6.09 Å². The SMILES string of the molecule is CC(C)(C)OC(=O)NC1CC2CCC(C1)C2NCCn1ccnc1.